The molecular weight excluding hydrogens is 1340 g/mol. The molecular formula is C67H108N6O28. The van der Waals surface area contributed by atoms with Gasteiger partial charge in [0.25, 0.3) is 0 Å². The van der Waals surface area contributed by atoms with Crippen molar-refractivity contribution in [3.63, 3.8) is 0 Å². The molecule has 0 saturated carbocycles. The van der Waals surface area contributed by atoms with Crippen molar-refractivity contribution in [2.24, 2.45) is 0 Å². The van der Waals surface area contributed by atoms with E-state index in [-0.39, 0.29) is 70.3 Å². The van der Waals surface area contributed by atoms with E-state index < -0.39 is 104 Å². The van der Waals surface area contributed by atoms with E-state index >= 15 is 0 Å². The van der Waals surface area contributed by atoms with Crippen LogP contribution in [0.4, 0.5) is 14.4 Å². The number of esters is 5. The molecule has 2 atom stereocenters. The van der Waals surface area contributed by atoms with Gasteiger partial charge in [-0.2, -0.15) is 0 Å². The van der Waals surface area contributed by atoms with Gasteiger partial charge in [-0.15, -0.1) is 0 Å². The predicted molar refractivity (Wildman–Crippen MR) is 363 cm³/mol. The third-order valence-corrected chi connectivity index (χ3v) is 13.4. The summed E-state index contributed by atoms with van der Waals surface area (Å²) >= 11 is 0. The van der Waals surface area contributed by atoms with E-state index in [9.17, 15) is 52.7 Å². The minimum Gasteiger partial charge on any atom is -0.460 e. The Morgan fingerprint density at radius 1 is 0.327 bits per heavy atom. The van der Waals surface area contributed by atoms with Crippen LogP contribution in [0, 0.1) is 0 Å². The molecule has 1 aromatic rings. The van der Waals surface area contributed by atoms with Gasteiger partial charge in [-0.05, 0) is 52.4 Å². The van der Waals surface area contributed by atoms with E-state index in [1.807, 2.05) is 0 Å². The van der Waals surface area contributed by atoms with Crippen LogP contribution in [-0.4, -0.2) is 252 Å². The molecule has 2 unspecified atom stereocenters. The summed E-state index contributed by atoms with van der Waals surface area (Å²) in [5.74, 6) is -3.47. The van der Waals surface area contributed by atoms with Crippen LogP contribution < -0.4 is 33.0 Å². The molecule has 0 radical (unpaired) electrons. The quantitative estimate of drug-likeness (QED) is 0.0364. The van der Waals surface area contributed by atoms with Crippen LogP contribution in [0.15, 0.2) is 76.7 Å². The zero-order chi connectivity index (χ0) is 74.4. The summed E-state index contributed by atoms with van der Waals surface area (Å²) in [7, 11) is 0. The Morgan fingerprint density at radius 2 is 0.564 bits per heavy atom. The standard InChI is InChI=1S/C67H108N6O28/c1-8-57(74)94-47-45-92-43-41-90-39-37-88-35-33-86-31-29-85-30-32-87-34-36-89-38-40-91-42-44-93-46-48-95-62(79)68-23-17-11-14-20-26-71-65(82)72(27-21-15-12-18-24-69-63(80)100-55(49-96-58(75)9-2)51-98-60(77)53(4)5)67(84)73(66(71)83)28-22-16-13-19-25-70-64(81)101-56(50-97-59(76)10-3)52-99-61(78)54(6)7/h8-10,55-56H,1-4,6,11-52H2,5,7H3,(H,68,79)(H,69,80)(H,70,81). The van der Waals surface area contributed by atoms with Crippen molar-refractivity contribution in [2.75, 3.05) is 178 Å². The van der Waals surface area contributed by atoms with Crippen LogP contribution in [0.1, 0.15) is 90.9 Å². The summed E-state index contributed by atoms with van der Waals surface area (Å²) in [5, 5.41) is 7.86. The largest absolute Gasteiger partial charge is 0.460 e. The Morgan fingerprint density at radius 3 is 0.842 bits per heavy atom. The highest BCUT2D eigenvalue weighted by molar-refractivity contribution is 5.87. The molecule has 0 aliphatic carbocycles. The summed E-state index contributed by atoms with van der Waals surface area (Å²) in [6.07, 6.45) is 4.54. The number of carbonyl (C=O) groups is 8. The van der Waals surface area contributed by atoms with Crippen molar-refractivity contribution in [2.45, 2.75) is 123 Å². The van der Waals surface area contributed by atoms with E-state index in [0.717, 1.165) is 31.9 Å². The van der Waals surface area contributed by atoms with Gasteiger partial charge in [0.1, 0.15) is 39.6 Å². The minimum absolute atomic E-state index is 0.00592. The number of carbonyl (C=O) groups excluding carboxylic acids is 8. The molecule has 0 aromatic carbocycles. The molecule has 0 aliphatic heterocycles. The van der Waals surface area contributed by atoms with Crippen molar-refractivity contribution in [3.05, 3.63) is 93.7 Å². The lowest BCUT2D eigenvalue weighted by Gasteiger charge is -2.18. The van der Waals surface area contributed by atoms with Gasteiger partial charge in [0.2, 0.25) is 0 Å². The molecule has 1 rings (SSSR count). The van der Waals surface area contributed by atoms with Crippen molar-refractivity contribution >= 4 is 48.1 Å². The fraction of sp³-hybridized carbons (Fsp3) is 0.687. The Balaban J connectivity index is 2.48. The van der Waals surface area contributed by atoms with Gasteiger partial charge < -0.3 is 96.5 Å². The number of rotatable bonds is 66. The summed E-state index contributed by atoms with van der Waals surface area (Å²) in [5.41, 5.74) is -2.02. The fourth-order valence-corrected chi connectivity index (χ4v) is 8.11. The molecule has 34 nitrogen and oxygen atoms in total. The summed E-state index contributed by atoms with van der Waals surface area (Å²) in [4.78, 5) is 137. The molecule has 1 heterocycles. The highest BCUT2D eigenvalue weighted by Crippen LogP contribution is 2.07. The number of aromatic nitrogens is 3. The monoisotopic (exact) mass is 1440 g/mol. The van der Waals surface area contributed by atoms with Crippen LogP contribution in [0.3, 0.4) is 0 Å². The van der Waals surface area contributed by atoms with Crippen molar-refractivity contribution in [1.29, 1.82) is 0 Å². The lowest BCUT2D eigenvalue weighted by molar-refractivity contribution is -0.148. The molecule has 574 valence electrons. The van der Waals surface area contributed by atoms with E-state index in [1.54, 1.807) is 0 Å². The van der Waals surface area contributed by atoms with Crippen molar-refractivity contribution in [1.82, 2.24) is 29.7 Å². The van der Waals surface area contributed by atoms with E-state index in [1.165, 1.54) is 13.8 Å². The molecule has 0 fully saturated rings. The van der Waals surface area contributed by atoms with Crippen LogP contribution >= 0.6 is 0 Å². The van der Waals surface area contributed by atoms with Gasteiger partial charge in [0.05, 0.1) is 119 Å². The molecule has 0 saturated heterocycles. The second-order valence-corrected chi connectivity index (χ2v) is 21.8. The van der Waals surface area contributed by atoms with Gasteiger partial charge in [0.15, 0.2) is 12.2 Å². The normalized spacial score (nSPS) is 11.5. The number of unbranched alkanes of at least 4 members (excludes halogenated alkanes) is 9. The Hall–Kier alpha value is -8.09. The average Bonchev–Trinajstić information content (AvgIpc) is 0.788. The maximum atomic E-state index is 13.8. The first kappa shape index (κ1) is 90.9. The van der Waals surface area contributed by atoms with Crippen LogP contribution in [0.25, 0.3) is 0 Å². The van der Waals surface area contributed by atoms with Gasteiger partial charge in [-0.1, -0.05) is 71.4 Å². The third kappa shape index (κ3) is 50.0. The summed E-state index contributed by atoms with van der Waals surface area (Å²) in [6, 6.07) is 0. The van der Waals surface area contributed by atoms with Gasteiger partial charge in [0, 0.05) is 68.6 Å². The number of nitrogens with zero attached hydrogens (tertiary/aromatic N) is 3. The highest BCUT2D eigenvalue weighted by Gasteiger charge is 2.22. The Kier molecular flexibility index (Phi) is 55.6. The molecule has 0 bridgehead atoms. The lowest BCUT2D eigenvalue weighted by Crippen LogP contribution is -2.54. The first-order chi connectivity index (χ1) is 48.8. The second kappa shape index (κ2) is 61.8. The van der Waals surface area contributed by atoms with Crippen LogP contribution in [-0.2, 0) is 124 Å². The number of hydrogen-bond acceptors (Lipinski definition) is 28. The van der Waals surface area contributed by atoms with Gasteiger partial charge in [-0.25, -0.2) is 66.4 Å². The third-order valence-electron chi connectivity index (χ3n) is 13.4. The maximum Gasteiger partial charge on any atom is 0.407 e. The molecule has 34 heteroatoms. The zero-order valence-electron chi connectivity index (χ0n) is 58.9. The van der Waals surface area contributed by atoms with Crippen LogP contribution in [0.5, 0.6) is 0 Å². The Labute approximate surface area is 589 Å². The second-order valence-electron chi connectivity index (χ2n) is 21.8. The van der Waals surface area contributed by atoms with Crippen LogP contribution in [0.2, 0.25) is 0 Å². The molecule has 0 spiro atoms. The number of nitrogens with one attached hydrogen (secondary N) is 3. The average molecular weight is 1450 g/mol. The molecule has 0 aliphatic rings. The molecule has 3 N–H and O–H groups in total. The van der Waals surface area contributed by atoms with Crippen molar-refractivity contribution in [3.8, 4) is 0 Å². The molecule has 1 aromatic heterocycles. The van der Waals surface area contributed by atoms with E-state index in [4.69, 9.17) is 80.5 Å². The molecule has 3 amide bonds. The van der Waals surface area contributed by atoms with E-state index in [0.29, 0.717) is 189 Å². The number of alkyl carbamates (subject to hydrolysis) is 3. The topological polar surface area (TPSA) is 396 Å². The zero-order valence-corrected chi connectivity index (χ0v) is 58.9. The highest BCUT2D eigenvalue weighted by atomic mass is 16.6. The first-order valence-corrected chi connectivity index (χ1v) is 33.8. The first-order valence-electron chi connectivity index (χ1n) is 33.8. The Bertz CT molecular complexity index is 2650. The minimum atomic E-state index is -1.12. The fourth-order valence-electron chi connectivity index (χ4n) is 8.11. The number of ether oxygens (including phenoxy) is 17. The van der Waals surface area contributed by atoms with Crippen molar-refractivity contribution < 1.29 is 119 Å². The summed E-state index contributed by atoms with van der Waals surface area (Å²) < 4.78 is 92.8. The SMILES string of the molecule is C=CC(=O)OCCOCCOCCOCCOCCOCCOCCOCCOCCOCCOC(=O)NCCCCCCn1c(=O)n(CCCCCCNC(=O)OC(COC(=O)C=C)COC(=O)C(=C)C)c(=O)n(CCCCCCNC(=O)OC(COC(=O)C=C)COC(=O)C(=C)C)c1=O. The van der Waals surface area contributed by atoms with Gasteiger partial charge >= 0.3 is 65.2 Å². The smallest absolute Gasteiger partial charge is 0.407 e. The summed E-state index contributed by atoms with van der Waals surface area (Å²) in [6.45, 7) is 25.9. The van der Waals surface area contributed by atoms with E-state index in [2.05, 4.69) is 48.8 Å². The maximum absolute atomic E-state index is 13.8. The lowest BCUT2D eigenvalue weighted by atomic mass is 10.2. The number of amides is 3. The predicted octanol–water partition coefficient (Wildman–Crippen LogP) is 3.34. The molecule has 101 heavy (non-hydrogen) atoms. The van der Waals surface area contributed by atoms with Gasteiger partial charge in [-0.3, -0.25) is 0 Å². The number of hydrogen-bond donors (Lipinski definition) is 3.